The maximum Gasteiger partial charge on any atom is 0.267 e. The molecular weight excluding hydrogens is 440 g/mol. The van der Waals surface area contributed by atoms with Crippen molar-refractivity contribution in [1.82, 2.24) is 4.98 Å². The summed E-state index contributed by atoms with van der Waals surface area (Å²) in [5.74, 6) is -0.348. The van der Waals surface area contributed by atoms with Gasteiger partial charge in [0, 0.05) is 30.3 Å². The highest BCUT2D eigenvalue weighted by atomic mass is 32.1. The van der Waals surface area contributed by atoms with Crippen molar-refractivity contribution in [3.63, 3.8) is 0 Å². The molecule has 8 heteroatoms. The van der Waals surface area contributed by atoms with E-state index in [1.54, 1.807) is 11.4 Å². The molecule has 2 amide bonds. The number of aromatic nitrogens is 1. The molecule has 0 saturated heterocycles. The average molecular weight is 463 g/mol. The number of carbonyl (C=O) groups excluding carboxylic acids is 2. The summed E-state index contributed by atoms with van der Waals surface area (Å²) in [4.78, 5) is 31.6. The zero-order valence-electron chi connectivity index (χ0n) is 17.4. The molecule has 0 aliphatic rings. The summed E-state index contributed by atoms with van der Waals surface area (Å²) in [5, 5.41) is 9.78. The van der Waals surface area contributed by atoms with Crippen molar-refractivity contribution in [2.75, 3.05) is 22.6 Å². The Morgan fingerprint density at radius 2 is 1.72 bits per heavy atom. The first kappa shape index (κ1) is 21.7. The van der Waals surface area contributed by atoms with Gasteiger partial charge in [0.25, 0.3) is 5.91 Å². The number of hydrogen-bond acceptors (Lipinski definition) is 6. The molecular formula is C24H22N4O2S2. The van der Waals surface area contributed by atoms with E-state index in [9.17, 15) is 9.59 Å². The molecule has 2 N–H and O–H groups in total. The predicted molar refractivity (Wildman–Crippen MR) is 132 cm³/mol. The van der Waals surface area contributed by atoms with Gasteiger partial charge in [-0.3, -0.25) is 14.9 Å². The first-order chi connectivity index (χ1) is 15.6. The lowest BCUT2D eigenvalue weighted by Gasteiger charge is -2.19. The second kappa shape index (κ2) is 10.2. The molecule has 6 nitrogen and oxygen atoms in total. The van der Waals surface area contributed by atoms with Crippen LogP contribution in [0.1, 0.15) is 20.9 Å². The summed E-state index contributed by atoms with van der Waals surface area (Å²) in [6.45, 7) is 0.807. The lowest BCUT2D eigenvalue weighted by Crippen LogP contribution is -2.17. The van der Waals surface area contributed by atoms with Crippen LogP contribution in [0, 0.1) is 0 Å². The van der Waals surface area contributed by atoms with Crippen molar-refractivity contribution in [2.24, 2.45) is 0 Å². The van der Waals surface area contributed by atoms with Crippen LogP contribution in [0.25, 0.3) is 0 Å². The Labute approximate surface area is 194 Å². The third-order valence-electron chi connectivity index (χ3n) is 4.71. The van der Waals surface area contributed by atoms with Crippen molar-refractivity contribution in [2.45, 2.75) is 13.0 Å². The minimum atomic E-state index is -0.192. The number of nitrogens with one attached hydrogen (secondary N) is 2. The van der Waals surface area contributed by atoms with Crippen LogP contribution in [0.15, 0.2) is 77.5 Å². The molecule has 162 valence electrons. The number of amides is 2. The van der Waals surface area contributed by atoms with E-state index in [4.69, 9.17) is 0 Å². The lowest BCUT2D eigenvalue weighted by molar-refractivity contribution is -0.115. The van der Waals surface area contributed by atoms with Crippen LogP contribution >= 0.6 is 22.7 Å². The standard InChI is InChI=1S/C24H22N4O2S2/c1-28(15-17-6-3-2-4-7-17)20-11-9-18(10-12-20)25-22(29)14-19-16-32-24(26-19)27-23(30)21-8-5-13-31-21/h2-13,16H,14-15H2,1H3,(H,25,29)(H,26,27,30). The number of nitrogens with zero attached hydrogens (tertiary/aromatic N) is 2. The molecule has 0 saturated carbocycles. The molecule has 2 heterocycles. The van der Waals surface area contributed by atoms with Crippen LogP contribution in [0.2, 0.25) is 0 Å². The Morgan fingerprint density at radius 1 is 0.938 bits per heavy atom. The fourth-order valence-electron chi connectivity index (χ4n) is 3.13. The third kappa shape index (κ3) is 5.81. The van der Waals surface area contributed by atoms with E-state index >= 15 is 0 Å². The second-order valence-electron chi connectivity index (χ2n) is 7.19. The molecule has 0 radical (unpaired) electrons. The molecule has 0 spiro atoms. The highest BCUT2D eigenvalue weighted by Gasteiger charge is 2.12. The molecule has 0 aliphatic heterocycles. The maximum atomic E-state index is 12.4. The number of anilines is 3. The van der Waals surface area contributed by atoms with Gasteiger partial charge in [-0.2, -0.15) is 0 Å². The van der Waals surface area contributed by atoms with Gasteiger partial charge in [-0.25, -0.2) is 4.98 Å². The van der Waals surface area contributed by atoms with Crippen LogP contribution in [-0.4, -0.2) is 23.8 Å². The van der Waals surface area contributed by atoms with Gasteiger partial charge in [0.15, 0.2) is 5.13 Å². The number of thiophene rings is 1. The van der Waals surface area contributed by atoms with Gasteiger partial charge in [0.1, 0.15) is 0 Å². The molecule has 0 atom stereocenters. The van der Waals surface area contributed by atoms with E-state index < -0.39 is 0 Å². The number of benzene rings is 2. The van der Waals surface area contributed by atoms with Gasteiger partial charge in [-0.15, -0.1) is 22.7 Å². The summed E-state index contributed by atoms with van der Waals surface area (Å²) in [6.07, 6.45) is 0.140. The summed E-state index contributed by atoms with van der Waals surface area (Å²) >= 11 is 2.67. The first-order valence-electron chi connectivity index (χ1n) is 10.0. The van der Waals surface area contributed by atoms with E-state index in [0.717, 1.165) is 17.9 Å². The highest BCUT2D eigenvalue weighted by Crippen LogP contribution is 2.21. The summed E-state index contributed by atoms with van der Waals surface area (Å²) in [7, 11) is 2.04. The minimum absolute atomic E-state index is 0.140. The van der Waals surface area contributed by atoms with Crippen molar-refractivity contribution in [3.8, 4) is 0 Å². The van der Waals surface area contributed by atoms with Gasteiger partial charge in [-0.05, 0) is 41.3 Å². The van der Waals surface area contributed by atoms with Crippen LogP contribution in [0.3, 0.4) is 0 Å². The Hall–Kier alpha value is -3.49. The molecule has 0 fully saturated rings. The molecule has 0 aliphatic carbocycles. The van der Waals surface area contributed by atoms with Gasteiger partial charge >= 0.3 is 0 Å². The molecule has 0 unspecified atom stereocenters. The largest absolute Gasteiger partial charge is 0.370 e. The number of rotatable bonds is 8. The molecule has 2 aromatic heterocycles. The van der Waals surface area contributed by atoms with Gasteiger partial charge in [0.05, 0.1) is 17.0 Å². The summed E-state index contributed by atoms with van der Waals surface area (Å²) < 4.78 is 0. The SMILES string of the molecule is CN(Cc1ccccc1)c1ccc(NC(=O)Cc2csc(NC(=O)c3cccs3)n2)cc1. The fourth-order valence-corrected chi connectivity index (χ4v) is 4.45. The topological polar surface area (TPSA) is 74.3 Å². The van der Waals surface area contributed by atoms with Crippen molar-refractivity contribution >= 4 is 51.0 Å². The van der Waals surface area contributed by atoms with E-state index in [1.807, 2.05) is 61.0 Å². The van der Waals surface area contributed by atoms with Crippen LogP contribution in [0.4, 0.5) is 16.5 Å². The van der Waals surface area contributed by atoms with Crippen LogP contribution < -0.4 is 15.5 Å². The number of thiazole rings is 1. The van der Waals surface area contributed by atoms with Gasteiger partial charge in [-0.1, -0.05) is 36.4 Å². The first-order valence-corrected chi connectivity index (χ1v) is 11.8. The highest BCUT2D eigenvalue weighted by molar-refractivity contribution is 7.14. The fraction of sp³-hybridized carbons (Fsp3) is 0.125. The molecule has 4 rings (SSSR count). The Morgan fingerprint density at radius 3 is 2.44 bits per heavy atom. The maximum absolute atomic E-state index is 12.4. The quantitative estimate of drug-likeness (QED) is 0.374. The third-order valence-corrected chi connectivity index (χ3v) is 6.39. The van der Waals surface area contributed by atoms with E-state index in [2.05, 4.69) is 32.7 Å². The zero-order chi connectivity index (χ0) is 22.3. The second-order valence-corrected chi connectivity index (χ2v) is 8.99. The number of hydrogen-bond donors (Lipinski definition) is 2. The zero-order valence-corrected chi connectivity index (χ0v) is 19.1. The van der Waals surface area contributed by atoms with Crippen LogP contribution in [0.5, 0.6) is 0 Å². The molecule has 4 aromatic rings. The molecule has 32 heavy (non-hydrogen) atoms. The number of carbonyl (C=O) groups is 2. The minimum Gasteiger partial charge on any atom is -0.370 e. The predicted octanol–water partition coefficient (Wildman–Crippen LogP) is 5.27. The summed E-state index contributed by atoms with van der Waals surface area (Å²) in [6, 6.07) is 21.6. The van der Waals surface area contributed by atoms with Crippen molar-refractivity contribution < 1.29 is 9.59 Å². The molecule has 0 bridgehead atoms. The van der Waals surface area contributed by atoms with Gasteiger partial charge in [0.2, 0.25) is 5.91 Å². The van der Waals surface area contributed by atoms with E-state index in [1.165, 1.54) is 28.2 Å². The lowest BCUT2D eigenvalue weighted by atomic mass is 10.2. The van der Waals surface area contributed by atoms with Gasteiger partial charge < -0.3 is 10.2 Å². The Balaban J connectivity index is 1.29. The van der Waals surface area contributed by atoms with Crippen molar-refractivity contribution in [3.05, 3.63) is 93.6 Å². The van der Waals surface area contributed by atoms with Crippen molar-refractivity contribution in [1.29, 1.82) is 0 Å². The average Bonchev–Trinajstić information content (AvgIpc) is 3.47. The van der Waals surface area contributed by atoms with E-state index in [-0.39, 0.29) is 18.2 Å². The smallest absolute Gasteiger partial charge is 0.267 e. The molecule has 2 aromatic carbocycles. The van der Waals surface area contributed by atoms with Crippen LogP contribution in [-0.2, 0) is 17.8 Å². The normalized spacial score (nSPS) is 10.5. The summed E-state index contributed by atoms with van der Waals surface area (Å²) in [5.41, 5.74) is 3.65. The monoisotopic (exact) mass is 462 g/mol. The Kier molecular flexibility index (Phi) is 6.94. The van der Waals surface area contributed by atoms with E-state index in [0.29, 0.717) is 15.7 Å². The Bertz CT molecular complexity index is 1170.